The van der Waals surface area contributed by atoms with Crippen LogP contribution >= 0.6 is 0 Å². The highest BCUT2D eigenvalue weighted by molar-refractivity contribution is 6.14. The maximum atomic E-state index is 14.0. The third kappa shape index (κ3) is 4.01. The summed E-state index contributed by atoms with van der Waals surface area (Å²) in [6.45, 7) is 14.7. The summed E-state index contributed by atoms with van der Waals surface area (Å²) in [6.07, 6.45) is 12.5. The van der Waals surface area contributed by atoms with Gasteiger partial charge in [-0.05, 0) is 85.4 Å². The van der Waals surface area contributed by atoms with Crippen LogP contribution in [0.5, 0.6) is 5.75 Å². The molecule has 2 aromatic rings. The van der Waals surface area contributed by atoms with Crippen LogP contribution in [0, 0.1) is 30.1 Å². The molecule has 194 valence electrons. The molecule has 0 saturated heterocycles. The van der Waals surface area contributed by atoms with Crippen LogP contribution in [-0.4, -0.2) is 21.8 Å². The lowest BCUT2D eigenvalue weighted by Crippen LogP contribution is -2.45. The van der Waals surface area contributed by atoms with Gasteiger partial charge >= 0.3 is 0 Å². The van der Waals surface area contributed by atoms with Gasteiger partial charge in [-0.25, -0.2) is 0 Å². The van der Waals surface area contributed by atoms with Crippen LogP contribution in [0.2, 0.25) is 0 Å². The van der Waals surface area contributed by atoms with E-state index in [0.717, 1.165) is 52.0 Å². The van der Waals surface area contributed by atoms with Crippen LogP contribution in [0.3, 0.4) is 0 Å². The van der Waals surface area contributed by atoms with Crippen LogP contribution < -0.4 is 5.73 Å². The molecule has 0 spiro atoms. The number of ketones is 1. The fourth-order valence-electron chi connectivity index (χ4n) is 6.87. The van der Waals surface area contributed by atoms with Crippen molar-refractivity contribution in [3.63, 3.8) is 0 Å². The number of amides is 1. The molecule has 0 bridgehead atoms. The van der Waals surface area contributed by atoms with E-state index in [4.69, 9.17) is 5.73 Å². The number of phenols is 1. The maximum absolute atomic E-state index is 14.0. The first-order valence-corrected chi connectivity index (χ1v) is 12.8. The van der Waals surface area contributed by atoms with Crippen molar-refractivity contribution in [3.8, 4) is 18.6 Å². The number of rotatable bonds is 4. The van der Waals surface area contributed by atoms with E-state index >= 15 is 0 Å². The summed E-state index contributed by atoms with van der Waals surface area (Å²) in [6, 6.07) is 9.25. The van der Waals surface area contributed by atoms with E-state index in [1.807, 2.05) is 38.1 Å². The summed E-state index contributed by atoms with van der Waals surface area (Å²) in [5.41, 5.74) is 13.0. The van der Waals surface area contributed by atoms with E-state index in [9.17, 15) is 14.7 Å². The molecule has 1 aromatic heterocycles. The van der Waals surface area contributed by atoms with Gasteiger partial charge in [-0.15, -0.1) is 12.8 Å². The molecular formula is C33H34N2O3. The molecule has 0 fully saturated rings. The van der Waals surface area contributed by atoms with Gasteiger partial charge in [0.15, 0.2) is 5.78 Å². The van der Waals surface area contributed by atoms with Crippen LogP contribution in [0.4, 0.5) is 0 Å². The van der Waals surface area contributed by atoms with E-state index in [2.05, 4.69) is 37.9 Å². The largest absolute Gasteiger partial charge is 0.507 e. The van der Waals surface area contributed by atoms with E-state index in [1.165, 1.54) is 0 Å². The first kappa shape index (κ1) is 26.9. The third-order valence-corrected chi connectivity index (χ3v) is 8.85. The van der Waals surface area contributed by atoms with Gasteiger partial charge in [0, 0.05) is 34.9 Å². The second-order valence-electron chi connectivity index (χ2n) is 10.7. The number of pyridine rings is 1. The highest BCUT2D eigenvalue weighted by atomic mass is 16.3. The Bertz CT molecular complexity index is 1460. The molecule has 5 heteroatoms. The zero-order valence-corrected chi connectivity index (χ0v) is 22.3. The van der Waals surface area contributed by atoms with Crippen molar-refractivity contribution in [2.75, 3.05) is 0 Å². The molecule has 0 radical (unpaired) electrons. The van der Waals surface area contributed by atoms with E-state index in [0.29, 0.717) is 29.6 Å². The fraction of sp³-hybridized carbons (Fsp3) is 0.303. The molecule has 3 aliphatic rings. The molecule has 0 aliphatic heterocycles. The minimum atomic E-state index is -0.529. The standard InChI is InChI=1S/C31H32N2O3.C2H2/c1-16(13-22-8-6-7-11-33-22)23-9-10-25(34)28-24(23)15-20-14-21-12-17(2)26(30(32)36)18(3)31(21,5)19(4)27(20)29(28)35;1-2/h6-11,20-21,34H,1,3,12-15H2,2,4-5H3,(H2,32,36);1-2H/t20?,21-,31+;/m1./s1. The van der Waals surface area contributed by atoms with Crippen LogP contribution in [0.15, 0.2) is 77.6 Å². The third-order valence-electron chi connectivity index (χ3n) is 8.85. The lowest BCUT2D eigenvalue weighted by atomic mass is 9.51. The van der Waals surface area contributed by atoms with E-state index in [-0.39, 0.29) is 23.4 Å². The van der Waals surface area contributed by atoms with Crippen LogP contribution in [0.1, 0.15) is 60.8 Å². The number of hydrogen-bond donors (Lipinski definition) is 2. The zero-order chi connectivity index (χ0) is 27.9. The van der Waals surface area contributed by atoms with Gasteiger partial charge < -0.3 is 10.8 Å². The van der Waals surface area contributed by atoms with Crippen molar-refractivity contribution in [3.05, 3.63) is 99.9 Å². The van der Waals surface area contributed by atoms with Crippen molar-refractivity contribution < 1.29 is 14.7 Å². The molecular weight excluding hydrogens is 472 g/mol. The molecule has 1 aromatic carbocycles. The Morgan fingerprint density at radius 3 is 2.55 bits per heavy atom. The monoisotopic (exact) mass is 506 g/mol. The normalized spacial score (nSPS) is 24.0. The second kappa shape index (κ2) is 9.95. The number of aromatic nitrogens is 1. The molecule has 3 atom stereocenters. The Kier molecular flexibility index (Phi) is 7.04. The lowest BCUT2D eigenvalue weighted by molar-refractivity contribution is -0.114. The highest BCUT2D eigenvalue weighted by Gasteiger charge is 2.52. The van der Waals surface area contributed by atoms with Crippen LogP contribution in [0.25, 0.3) is 5.57 Å². The van der Waals surface area contributed by atoms with Gasteiger partial charge in [0.1, 0.15) is 5.75 Å². The molecule has 3 aliphatic carbocycles. The van der Waals surface area contributed by atoms with Crippen molar-refractivity contribution in [1.82, 2.24) is 4.98 Å². The fourth-order valence-corrected chi connectivity index (χ4v) is 6.87. The van der Waals surface area contributed by atoms with Gasteiger partial charge in [-0.3, -0.25) is 14.6 Å². The number of terminal acetylenes is 1. The van der Waals surface area contributed by atoms with Gasteiger partial charge in [-0.2, -0.15) is 0 Å². The Labute approximate surface area is 224 Å². The number of primary amides is 1. The number of nitrogens with two attached hydrogens (primary N) is 1. The molecule has 38 heavy (non-hydrogen) atoms. The Hall–Kier alpha value is -4.17. The van der Waals surface area contributed by atoms with Gasteiger partial charge in [0.2, 0.25) is 5.91 Å². The number of phenolic OH excluding ortho intramolecular Hbond substituents is 1. The maximum Gasteiger partial charge on any atom is 0.248 e. The number of Topliss-reactive ketones (excluding diaryl/α,β-unsaturated/α-hetero) is 1. The second-order valence-corrected chi connectivity index (χ2v) is 10.7. The number of benzene rings is 1. The predicted octanol–water partition coefficient (Wildman–Crippen LogP) is 5.75. The Morgan fingerprint density at radius 1 is 1.21 bits per heavy atom. The minimum absolute atomic E-state index is 0.00792. The van der Waals surface area contributed by atoms with Crippen molar-refractivity contribution in [2.24, 2.45) is 23.0 Å². The summed E-state index contributed by atoms with van der Waals surface area (Å²) in [5, 5.41) is 10.8. The number of hydrogen-bond acceptors (Lipinski definition) is 4. The summed E-state index contributed by atoms with van der Waals surface area (Å²) in [5.74, 6) is -0.364. The van der Waals surface area contributed by atoms with E-state index in [1.54, 1.807) is 12.3 Å². The summed E-state index contributed by atoms with van der Waals surface area (Å²) in [7, 11) is 0. The van der Waals surface area contributed by atoms with Crippen LogP contribution in [-0.2, 0) is 17.6 Å². The Balaban J connectivity index is 0.00000164. The minimum Gasteiger partial charge on any atom is -0.507 e. The first-order valence-electron chi connectivity index (χ1n) is 12.8. The van der Waals surface area contributed by atoms with Gasteiger partial charge in [-0.1, -0.05) is 43.4 Å². The molecule has 1 amide bonds. The number of fused-ring (bicyclic) bond motifs is 3. The highest BCUT2D eigenvalue weighted by Crippen LogP contribution is 2.59. The summed E-state index contributed by atoms with van der Waals surface area (Å²) < 4.78 is 0. The Morgan fingerprint density at radius 2 is 1.92 bits per heavy atom. The first-order chi connectivity index (χ1) is 18.1. The smallest absolute Gasteiger partial charge is 0.248 e. The molecule has 3 N–H and O–H groups in total. The quantitative estimate of drug-likeness (QED) is 0.516. The number of allylic oxidation sites excluding steroid dienone is 4. The number of nitrogens with zero attached hydrogens (tertiary/aromatic N) is 1. The molecule has 1 heterocycles. The average Bonchev–Trinajstić information content (AvgIpc) is 2.88. The number of carbonyl (C=O) groups is 2. The summed E-state index contributed by atoms with van der Waals surface area (Å²) in [4.78, 5) is 30.7. The predicted molar refractivity (Wildman–Crippen MR) is 151 cm³/mol. The molecule has 1 unspecified atom stereocenters. The molecule has 0 saturated carbocycles. The average molecular weight is 507 g/mol. The van der Waals surface area contributed by atoms with E-state index < -0.39 is 11.3 Å². The van der Waals surface area contributed by atoms with Crippen molar-refractivity contribution in [2.45, 2.75) is 46.5 Å². The topological polar surface area (TPSA) is 93.3 Å². The van der Waals surface area contributed by atoms with Crippen molar-refractivity contribution >= 4 is 17.3 Å². The molecule has 5 rings (SSSR count). The lowest BCUT2D eigenvalue weighted by Gasteiger charge is -2.51. The number of carbonyl (C=O) groups excluding carboxylic acids is 2. The zero-order valence-electron chi connectivity index (χ0n) is 22.3. The number of aromatic hydroxyl groups is 1. The van der Waals surface area contributed by atoms with Crippen molar-refractivity contribution in [1.29, 1.82) is 0 Å². The molecule has 5 nitrogen and oxygen atoms in total. The SMILES string of the molecule is C#C.C=C(Cc1ccccn1)c1ccc(O)c2c1CC1C[C@H]3CC(C)=C(C(N)=O)C(=C)[C@@]3(C)C(C)=C1C2=O. The summed E-state index contributed by atoms with van der Waals surface area (Å²) >= 11 is 0. The van der Waals surface area contributed by atoms with Gasteiger partial charge in [0.25, 0.3) is 0 Å². The van der Waals surface area contributed by atoms with Gasteiger partial charge in [0.05, 0.1) is 5.56 Å².